The van der Waals surface area contributed by atoms with E-state index < -0.39 is 0 Å². The number of rotatable bonds is 1. The van der Waals surface area contributed by atoms with Crippen molar-refractivity contribution in [2.75, 3.05) is 0 Å². The number of carbonyl (C=O) groups is 1. The van der Waals surface area contributed by atoms with Crippen molar-refractivity contribution >= 4 is 5.78 Å². The first-order valence-electron chi connectivity index (χ1n) is 4.28. The molecule has 0 heterocycles. The fourth-order valence-electron chi connectivity index (χ4n) is 1.69. The van der Waals surface area contributed by atoms with E-state index in [4.69, 9.17) is 0 Å². The largest absolute Gasteiger partial charge is 0.295 e. The third-order valence-corrected chi connectivity index (χ3v) is 2.69. The molecule has 0 saturated carbocycles. The molecule has 0 N–H and O–H groups in total. The van der Waals surface area contributed by atoms with Crippen LogP contribution in [0.4, 0.5) is 0 Å². The van der Waals surface area contributed by atoms with E-state index in [1.54, 1.807) is 6.08 Å². The van der Waals surface area contributed by atoms with Crippen molar-refractivity contribution in [3.8, 4) is 0 Å². The van der Waals surface area contributed by atoms with Crippen LogP contribution in [-0.2, 0) is 4.79 Å². The Kier molecular flexibility index (Phi) is 2.17. The summed E-state index contributed by atoms with van der Waals surface area (Å²) in [5.41, 5.74) is 0.225. The summed E-state index contributed by atoms with van der Waals surface area (Å²) in [5.74, 6) is 0.830. The van der Waals surface area contributed by atoms with E-state index in [1.807, 2.05) is 6.08 Å². The lowest BCUT2D eigenvalue weighted by Gasteiger charge is -2.33. The number of hydrogen-bond donors (Lipinski definition) is 0. The Morgan fingerprint density at radius 2 is 2.27 bits per heavy atom. The highest BCUT2D eigenvalue weighted by molar-refractivity contribution is 5.90. The van der Waals surface area contributed by atoms with Gasteiger partial charge < -0.3 is 0 Å². The van der Waals surface area contributed by atoms with Crippen LogP contribution in [0, 0.1) is 11.3 Å². The molecule has 0 bridgehead atoms. The zero-order valence-corrected chi connectivity index (χ0v) is 7.55. The van der Waals surface area contributed by atoms with Crippen LogP contribution < -0.4 is 0 Å². The van der Waals surface area contributed by atoms with Crippen molar-refractivity contribution in [1.29, 1.82) is 0 Å². The number of carbonyl (C=O) groups excluding carboxylic acids is 1. The molecule has 0 amide bonds. The van der Waals surface area contributed by atoms with Gasteiger partial charge >= 0.3 is 0 Å². The lowest BCUT2D eigenvalue weighted by Crippen LogP contribution is -2.27. The maximum absolute atomic E-state index is 11.0. The highest BCUT2D eigenvalue weighted by atomic mass is 16.1. The third-order valence-electron chi connectivity index (χ3n) is 2.69. The zero-order chi connectivity index (χ0) is 8.48. The average Bonchev–Trinajstić information content (AvgIpc) is 1.94. The van der Waals surface area contributed by atoms with Crippen molar-refractivity contribution < 1.29 is 4.79 Å². The maximum atomic E-state index is 11.0. The zero-order valence-electron chi connectivity index (χ0n) is 7.55. The predicted octanol–water partition coefficient (Wildman–Crippen LogP) is 2.57. The Morgan fingerprint density at radius 3 is 2.73 bits per heavy atom. The fourth-order valence-corrected chi connectivity index (χ4v) is 1.69. The van der Waals surface area contributed by atoms with Crippen LogP contribution in [0.5, 0.6) is 0 Å². The van der Waals surface area contributed by atoms with Gasteiger partial charge in [-0.05, 0) is 17.4 Å². The van der Waals surface area contributed by atoms with Crippen LogP contribution in [0.15, 0.2) is 12.2 Å². The topological polar surface area (TPSA) is 17.1 Å². The van der Waals surface area contributed by atoms with Crippen LogP contribution in [0.25, 0.3) is 0 Å². The highest BCUT2D eigenvalue weighted by Crippen LogP contribution is 2.36. The molecule has 1 nitrogen and oxygen atoms in total. The molecule has 0 aromatic heterocycles. The van der Waals surface area contributed by atoms with Crippen LogP contribution in [-0.4, -0.2) is 5.78 Å². The molecule has 1 unspecified atom stereocenters. The van der Waals surface area contributed by atoms with E-state index in [0.29, 0.717) is 5.92 Å². The molecule has 0 aromatic rings. The van der Waals surface area contributed by atoms with Gasteiger partial charge in [0.05, 0.1) is 0 Å². The van der Waals surface area contributed by atoms with Crippen molar-refractivity contribution in [3.05, 3.63) is 12.2 Å². The first-order chi connectivity index (χ1) is 5.06. The molecule has 1 atom stereocenters. The summed E-state index contributed by atoms with van der Waals surface area (Å²) < 4.78 is 0. The SMILES string of the molecule is CCC1CC(=O)C=CC1(C)C. The first-order valence-corrected chi connectivity index (χ1v) is 4.28. The maximum Gasteiger partial charge on any atom is 0.155 e. The molecular weight excluding hydrogens is 136 g/mol. The number of ketones is 1. The Labute approximate surface area is 68.5 Å². The summed E-state index contributed by atoms with van der Waals surface area (Å²) in [6.07, 6.45) is 5.61. The van der Waals surface area contributed by atoms with Crippen molar-refractivity contribution in [1.82, 2.24) is 0 Å². The van der Waals surface area contributed by atoms with Gasteiger partial charge in [0.1, 0.15) is 0 Å². The quantitative estimate of drug-likeness (QED) is 0.564. The summed E-state index contributed by atoms with van der Waals surface area (Å²) in [6, 6.07) is 0. The van der Waals surface area contributed by atoms with Gasteiger partial charge in [0.15, 0.2) is 5.78 Å². The second kappa shape index (κ2) is 2.80. The van der Waals surface area contributed by atoms with E-state index in [1.165, 1.54) is 0 Å². The van der Waals surface area contributed by atoms with E-state index in [-0.39, 0.29) is 11.2 Å². The van der Waals surface area contributed by atoms with E-state index in [9.17, 15) is 4.79 Å². The lowest BCUT2D eigenvalue weighted by atomic mass is 9.71. The molecule has 1 rings (SSSR count). The Bertz CT molecular complexity index is 189. The molecule has 1 aliphatic rings. The van der Waals surface area contributed by atoms with Crippen LogP contribution in [0.1, 0.15) is 33.6 Å². The monoisotopic (exact) mass is 152 g/mol. The number of allylic oxidation sites excluding steroid dienone is 2. The van der Waals surface area contributed by atoms with Gasteiger partial charge in [-0.1, -0.05) is 33.3 Å². The van der Waals surface area contributed by atoms with E-state index in [2.05, 4.69) is 20.8 Å². The summed E-state index contributed by atoms with van der Waals surface area (Å²) in [6.45, 7) is 6.55. The van der Waals surface area contributed by atoms with E-state index in [0.717, 1.165) is 12.8 Å². The minimum atomic E-state index is 0.225. The number of hydrogen-bond acceptors (Lipinski definition) is 1. The molecule has 0 aromatic carbocycles. The van der Waals surface area contributed by atoms with E-state index >= 15 is 0 Å². The normalized spacial score (nSPS) is 29.0. The van der Waals surface area contributed by atoms with Crippen molar-refractivity contribution in [3.63, 3.8) is 0 Å². The Balaban J connectivity index is 2.80. The Hall–Kier alpha value is -0.590. The molecule has 0 fully saturated rings. The molecule has 1 heteroatoms. The predicted molar refractivity (Wildman–Crippen MR) is 46.3 cm³/mol. The summed E-state index contributed by atoms with van der Waals surface area (Å²) in [5, 5.41) is 0. The molecule has 0 radical (unpaired) electrons. The van der Waals surface area contributed by atoms with Crippen molar-refractivity contribution in [2.45, 2.75) is 33.6 Å². The molecule has 62 valence electrons. The Morgan fingerprint density at radius 1 is 1.64 bits per heavy atom. The van der Waals surface area contributed by atoms with Gasteiger partial charge in [-0.15, -0.1) is 0 Å². The molecule has 0 saturated heterocycles. The highest BCUT2D eigenvalue weighted by Gasteiger charge is 2.30. The van der Waals surface area contributed by atoms with Gasteiger partial charge in [0, 0.05) is 6.42 Å². The molecule has 11 heavy (non-hydrogen) atoms. The van der Waals surface area contributed by atoms with Crippen LogP contribution >= 0.6 is 0 Å². The molecule has 0 aliphatic heterocycles. The summed E-state index contributed by atoms with van der Waals surface area (Å²) in [4.78, 5) is 11.0. The second-order valence-electron chi connectivity index (χ2n) is 3.93. The second-order valence-corrected chi connectivity index (χ2v) is 3.93. The van der Waals surface area contributed by atoms with Gasteiger partial charge in [-0.25, -0.2) is 0 Å². The van der Waals surface area contributed by atoms with Crippen LogP contribution in [0.3, 0.4) is 0 Å². The minimum absolute atomic E-state index is 0.225. The average molecular weight is 152 g/mol. The molecule has 1 aliphatic carbocycles. The van der Waals surface area contributed by atoms with Crippen LogP contribution in [0.2, 0.25) is 0 Å². The standard InChI is InChI=1S/C10H16O/c1-4-8-7-9(11)5-6-10(8,2)3/h5-6,8H,4,7H2,1-3H3. The lowest BCUT2D eigenvalue weighted by molar-refractivity contribution is -0.116. The first kappa shape index (κ1) is 8.51. The van der Waals surface area contributed by atoms with Gasteiger partial charge in [0.2, 0.25) is 0 Å². The van der Waals surface area contributed by atoms with Gasteiger partial charge in [0.25, 0.3) is 0 Å². The minimum Gasteiger partial charge on any atom is -0.295 e. The summed E-state index contributed by atoms with van der Waals surface area (Å²) in [7, 11) is 0. The van der Waals surface area contributed by atoms with Crippen molar-refractivity contribution in [2.24, 2.45) is 11.3 Å². The fraction of sp³-hybridized carbons (Fsp3) is 0.700. The van der Waals surface area contributed by atoms with Gasteiger partial charge in [-0.3, -0.25) is 4.79 Å². The third kappa shape index (κ3) is 1.70. The summed E-state index contributed by atoms with van der Waals surface area (Å²) >= 11 is 0. The van der Waals surface area contributed by atoms with Gasteiger partial charge in [-0.2, -0.15) is 0 Å². The smallest absolute Gasteiger partial charge is 0.155 e. The molecule has 0 spiro atoms. The molecular formula is C10H16O.